The van der Waals surface area contributed by atoms with Gasteiger partial charge < -0.3 is 14.7 Å². The van der Waals surface area contributed by atoms with Gasteiger partial charge in [-0.25, -0.2) is 19.4 Å². The number of carboxylic acid groups (broad SMARTS) is 1. The van der Waals surface area contributed by atoms with Crippen molar-refractivity contribution in [2.45, 2.75) is 45.1 Å². The van der Waals surface area contributed by atoms with Crippen molar-refractivity contribution < 1.29 is 14.6 Å². The van der Waals surface area contributed by atoms with Gasteiger partial charge in [0.15, 0.2) is 11.3 Å². The van der Waals surface area contributed by atoms with Crippen molar-refractivity contribution >= 4 is 22.8 Å². The summed E-state index contributed by atoms with van der Waals surface area (Å²) < 4.78 is 7.39. The molecule has 0 amide bonds. The number of carboxylic acids is 1. The fourth-order valence-corrected chi connectivity index (χ4v) is 4.76. The van der Waals surface area contributed by atoms with Crippen LogP contribution in [0.25, 0.3) is 22.2 Å². The van der Waals surface area contributed by atoms with Crippen LogP contribution in [0.15, 0.2) is 24.4 Å². The molecule has 2 fully saturated rings. The van der Waals surface area contributed by atoms with Gasteiger partial charge in [-0.2, -0.15) is 5.10 Å². The summed E-state index contributed by atoms with van der Waals surface area (Å²) in [6.45, 7) is 5.03. The number of aromatic carboxylic acids is 1. The zero-order valence-electron chi connectivity index (χ0n) is 17.8. The predicted octanol–water partition coefficient (Wildman–Crippen LogP) is 3.84. The van der Waals surface area contributed by atoms with Crippen LogP contribution in [0.3, 0.4) is 0 Å². The fraction of sp³-hybridized carbons (Fsp3) is 0.478. The number of hydrogen-bond acceptors (Lipinski definition) is 6. The van der Waals surface area contributed by atoms with Gasteiger partial charge in [0.1, 0.15) is 5.82 Å². The second-order valence-electron chi connectivity index (χ2n) is 8.39. The van der Waals surface area contributed by atoms with E-state index in [0.29, 0.717) is 18.9 Å². The molecule has 0 aromatic carbocycles. The molecule has 8 nitrogen and oxygen atoms in total. The Kier molecular flexibility index (Phi) is 5.31. The molecule has 1 aliphatic carbocycles. The number of nitrogens with zero attached hydrogens (tertiary/aromatic N) is 5. The van der Waals surface area contributed by atoms with Crippen LogP contribution in [0, 0.1) is 6.92 Å². The highest BCUT2D eigenvalue weighted by atomic mass is 16.5. The highest BCUT2D eigenvalue weighted by molar-refractivity contribution is 5.99. The van der Waals surface area contributed by atoms with Crippen LogP contribution in [-0.4, -0.2) is 57.1 Å². The molecule has 1 saturated carbocycles. The van der Waals surface area contributed by atoms with Crippen molar-refractivity contribution in [1.29, 1.82) is 0 Å². The lowest BCUT2D eigenvalue weighted by molar-refractivity contribution is 0.0691. The Morgan fingerprint density at radius 2 is 1.94 bits per heavy atom. The summed E-state index contributed by atoms with van der Waals surface area (Å²) in [5.74, 6) is -0.125. The zero-order chi connectivity index (χ0) is 21.4. The van der Waals surface area contributed by atoms with Gasteiger partial charge in [-0.15, -0.1) is 0 Å². The van der Waals surface area contributed by atoms with Gasteiger partial charge in [-0.3, -0.25) is 0 Å². The Morgan fingerprint density at radius 1 is 1.16 bits per heavy atom. The quantitative estimate of drug-likeness (QED) is 0.684. The lowest BCUT2D eigenvalue weighted by Crippen LogP contribution is -2.36. The van der Waals surface area contributed by atoms with E-state index in [-0.39, 0.29) is 11.7 Å². The van der Waals surface area contributed by atoms with E-state index in [1.165, 1.54) is 19.3 Å². The summed E-state index contributed by atoms with van der Waals surface area (Å²) in [7, 11) is 0. The van der Waals surface area contributed by atoms with Crippen LogP contribution in [0.4, 0.5) is 5.82 Å². The van der Waals surface area contributed by atoms with E-state index in [0.717, 1.165) is 54.0 Å². The van der Waals surface area contributed by atoms with Gasteiger partial charge in [0.2, 0.25) is 0 Å². The molecule has 31 heavy (non-hydrogen) atoms. The number of rotatable bonds is 4. The maximum Gasteiger partial charge on any atom is 0.354 e. The van der Waals surface area contributed by atoms with E-state index in [4.69, 9.17) is 9.84 Å². The Morgan fingerprint density at radius 3 is 2.61 bits per heavy atom. The minimum Gasteiger partial charge on any atom is -0.477 e. The molecule has 0 bridgehead atoms. The second kappa shape index (κ2) is 8.26. The van der Waals surface area contributed by atoms with E-state index in [1.54, 1.807) is 6.07 Å². The number of ether oxygens (including phenoxy) is 1. The molecular weight excluding hydrogens is 394 g/mol. The lowest BCUT2D eigenvalue weighted by Gasteiger charge is -2.27. The van der Waals surface area contributed by atoms with Crippen LogP contribution in [0.2, 0.25) is 0 Å². The third kappa shape index (κ3) is 3.76. The largest absolute Gasteiger partial charge is 0.477 e. The van der Waals surface area contributed by atoms with Gasteiger partial charge in [0, 0.05) is 30.2 Å². The molecule has 5 rings (SSSR count). The zero-order valence-corrected chi connectivity index (χ0v) is 17.8. The summed E-state index contributed by atoms with van der Waals surface area (Å²) in [5, 5.41) is 15.4. The fourth-order valence-electron chi connectivity index (χ4n) is 4.76. The summed E-state index contributed by atoms with van der Waals surface area (Å²) in [6.07, 6.45) is 7.52. The van der Waals surface area contributed by atoms with Crippen molar-refractivity contribution in [3.8, 4) is 11.1 Å². The number of hydrogen-bond donors (Lipinski definition) is 1. The van der Waals surface area contributed by atoms with Crippen LogP contribution < -0.4 is 4.90 Å². The Hall–Kier alpha value is -3.00. The van der Waals surface area contributed by atoms with E-state index < -0.39 is 5.97 Å². The lowest BCUT2D eigenvalue weighted by atomic mass is 9.95. The Labute approximate surface area is 180 Å². The number of anilines is 1. The smallest absolute Gasteiger partial charge is 0.354 e. The average Bonchev–Trinajstić information content (AvgIpc) is 3.16. The molecule has 1 saturated heterocycles. The maximum absolute atomic E-state index is 11.9. The van der Waals surface area contributed by atoms with Crippen LogP contribution in [-0.2, 0) is 4.74 Å². The third-order valence-electron chi connectivity index (χ3n) is 6.37. The third-order valence-corrected chi connectivity index (χ3v) is 6.37. The molecule has 162 valence electrons. The molecular formula is C23H27N5O3. The van der Waals surface area contributed by atoms with E-state index >= 15 is 0 Å². The van der Waals surface area contributed by atoms with Gasteiger partial charge in [-0.1, -0.05) is 19.3 Å². The highest BCUT2D eigenvalue weighted by Crippen LogP contribution is 2.36. The van der Waals surface area contributed by atoms with Crippen LogP contribution >= 0.6 is 0 Å². The first kappa shape index (κ1) is 19.9. The SMILES string of the molecule is Cc1nn(C2CCCCC2)c2nc(C(=O)O)cc(-c3ccc(N4CCOCC4)nc3)c12. The summed E-state index contributed by atoms with van der Waals surface area (Å²) in [6, 6.07) is 5.93. The molecule has 8 heteroatoms. The molecule has 0 unspecified atom stereocenters. The van der Waals surface area contributed by atoms with E-state index in [9.17, 15) is 9.90 Å². The van der Waals surface area contributed by atoms with E-state index in [1.807, 2.05) is 29.9 Å². The van der Waals surface area contributed by atoms with Crippen LogP contribution in [0.5, 0.6) is 0 Å². The van der Waals surface area contributed by atoms with Gasteiger partial charge in [-0.05, 0) is 43.5 Å². The molecule has 3 aromatic heterocycles. The molecule has 3 aromatic rings. The van der Waals surface area contributed by atoms with E-state index in [2.05, 4.69) is 14.9 Å². The van der Waals surface area contributed by atoms with Crippen molar-refractivity contribution in [2.24, 2.45) is 0 Å². The molecule has 0 radical (unpaired) electrons. The predicted molar refractivity (Wildman–Crippen MR) is 118 cm³/mol. The number of aromatic nitrogens is 4. The summed E-state index contributed by atoms with van der Waals surface area (Å²) in [5.41, 5.74) is 3.27. The number of aryl methyl sites for hydroxylation is 1. The monoisotopic (exact) mass is 421 g/mol. The van der Waals surface area contributed by atoms with Crippen molar-refractivity contribution in [3.05, 3.63) is 35.8 Å². The highest BCUT2D eigenvalue weighted by Gasteiger charge is 2.24. The number of pyridine rings is 2. The average molecular weight is 422 g/mol. The van der Waals surface area contributed by atoms with Gasteiger partial charge >= 0.3 is 5.97 Å². The minimum atomic E-state index is -1.03. The number of fused-ring (bicyclic) bond motifs is 1. The first-order valence-corrected chi connectivity index (χ1v) is 11.0. The molecule has 1 N–H and O–H groups in total. The first-order chi connectivity index (χ1) is 15.1. The molecule has 4 heterocycles. The Bertz CT molecular complexity index is 1100. The van der Waals surface area contributed by atoms with Crippen LogP contribution in [0.1, 0.15) is 54.3 Å². The van der Waals surface area contributed by atoms with Crippen molar-refractivity contribution in [3.63, 3.8) is 0 Å². The minimum absolute atomic E-state index is 0.0386. The van der Waals surface area contributed by atoms with Crippen molar-refractivity contribution in [1.82, 2.24) is 19.7 Å². The summed E-state index contributed by atoms with van der Waals surface area (Å²) >= 11 is 0. The maximum atomic E-state index is 11.9. The topological polar surface area (TPSA) is 93.4 Å². The second-order valence-corrected chi connectivity index (χ2v) is 8.39. The van der Waals surface area contributed by atoms with Gasteiger partial charge in [0.05, 0.1) is 24.9 Å². The molecule has 0 spiro atoms. The Balaban J connectivity index is 1.60. The summed E-state index contributed by atoms with van der Waals surface area (Å²) in [4.78, 5) is 23.2. The van der Waals surface area contributed by atoms with Gasteiger partial charge in [0.25, 0.3) is 0 Å². The number of carbonyl (C=O) groups is 1. The first-order valence-electron chi connectivity index (χ1n) is 11.0. The molecule has 1 aliphatic heterocycles. The normalized spacial score (nSPS) is 17.9. The standard InChI is InChI=1S/C23H27N5O3/c1-15-21-18(16-7-8-20(24-14-16)27-9-11-31-12-10-27)13-19(23(29)30)25-22(21)28(26-15)17-5-3-2-4-6-17/h7-8,13-14,17H,2-6,9-12H2,1H3,(H,29,30). The molecule has 2 aliphatic rings. The molecule has 0 atom stereocenters. The number of morpholine rings is 1. The van der Waals surface area contributed by atoms with Crippen molar-refractivity contribution in [2.75, 3.05) is 31.2 Å².